The molecule has 17 heavy (non-hydrogen) atoms. The number of nitrogens with two attached hydrogens (primary N) is 1. The highest BCUT2D eigenvalue weighted by molar-refractivity contribution is 5.98. The summed E-state index contributed by atoms with van der Waals surface area (Å²) < 4.78 is 0. The van der Waals surface area contributed by atoms with Gasteiger partial charge in [0.05, 0.1) is 17.4 Å². The van der Waals surface area contributed by atoms with E-state index in [1.54, 1.807) is 0 Å². The van der Waals surface area contributed by atoms with E-state index in [-0.39, 0.29) is 17.6 Å². The number of nitrogens with zero attached hydrogens (tertiary/aromatic N) is 1. The molecule has 1 saturated carbocycles. The molecule has 0 radical (unpaired) electrons. The first-order valence-corrected chi connectivity index (χ1v) is 5.78. The van der Waals surface area contributed by atoms with Gasteiger partial charge in [0, 0.05) is 5.92 Å². The zero-order valence-corrected chi connectivity index (χ0v) is 9.79. The molecule has 5 heteroatoms. The van der Waals surface area contributed by atoms with Crippen molar-refractivity contribution in [3.63, 3.8) is 0 Å². The van der Waals surface area contributed by atoms with Crippen molar-refractivity contribution in [2.45, 2.75) is 38.1 Å². The van der Waals surface area contributed by atoms with Gasteiger partial charge >= 0.3 is 0 Å². The lowest BCUT2D eigenvalue weighted by molar-refractivity contribution is 0.0941. The zero-order valence-electron chi connectivity index (χ0n) is 9.79. The van der Waals surface area contributed by atoms with Crippen LogP contribution in [0.1, 0.15) is 48.3 Å². The molecule has 5 nitrogen and oxygen atoms in total. The van der Waals surface area contributed by atoms with E-state index in [4.69, 9.17) is 12.2 Å². The van der Waals surface area contributed by atoms with Crippen molar-refractivity contribution in [2.24, 2.45) is 0 Å². The van der Waals surface area contributed by atoms with Gasteiger partial charge in [0.15, 0.2) is 5.69 Å². The summed E-state index contributed by atoms with van der Waals surface area (Å²) in [6, 6.07) is -0.275. The maximum atomic E-state index is 11.9. The molecule has 1 heterocycles. The van der Waals surface area contributed by atoms with Crippen LogP contribution in [0.4, 0.5) is 5.69 Å². The van der Waals surface area contributed by atoms with Crippen LogP contribution in [0.2, 0.25) is 0 Å². The number of nitrogen functional groups attached to an aromatic ring is 1. The monoisotopic (exact) mass is 232 g/mol. The normalized spacial score (nSPS) is 16.2. The molecule has 2 rings (SSSR count). The fourth-order valence-electron chi connectivity index (χ4n) is 1.71. The van der Waals surface area contributed by atoms with E-state index in [0.717, 1.165) is 18.5 Å². The fraction of sp³-hybridized carbons (Fsp3) is 0.500. The summed E-state index contributed by atoms with van der Waals surface area (Å²) >= 11 is 0. The first-order chi connectivity index (χ1) is 8.17. The Hall–Kier alpha value is -1.96. The van der Waals surface area contributed by atoms with Crippen LogP contribution in [0.3, 0.4) is 0 Å². The van der Waals surface area contributed by atoms with E-state index in [2.05, 4.69) is 21.4 Å². The second kappa shape index (κ2) is 4.50. The van der Waals surface area contributed by atoms with Crippen LogP contribution < -0.4 is 11.1 Å². The van der Waals surface area contributed by atoms with Crippen molar-refractivity contribution >= 4 is 11.6 Å². The molecule has 0 saturated heterocycles. The van der Waals surface area contributed by atoms with Gasteiger partial charge in [-0.25, -0.2) is 0 Å². The van der Waals surface area contributed by atoms with Crippen molar-refractivity contribution in [3.8, 4) is 12.3 Å². The van der Waals surface area contributed by atoms with E-state index in [9.17, 15) is 4.79 Å². The highest BCUT2D eigenvalue weighted by Crippen LogP contribution is 2.42. The van der Waals surface area contributed by atoms with Crippen LogP contribution in [0.15, 0.2) is 0 Å². The number of terminal acetylenes is 1. The zero-order chi connectivity index (χ0) is 12.4. The predicted octanol–water partition coefficient (Wildman–Crippen LogP) is 1.01. The standard InChI is InChI=1S/C12H16N4O/c1-3-8(4-2)14-12(17)11-9(13)10(15-16-11)7-5-6-7/h1,7-8H,4-6,13H2,2H3,(H,14,17)(H,15,16). The Kier molecular flexibility index (Phi) is 3.05. The summed E-state index contributed by atoms with van der Waals surface area (Å²) in [6.07, 6.45) is 8.18. The third-order valence-electron chi connectivity index (χ3n) is 2.95. The van der Waals surface area contributed by atoms with Crippen LogP contribution in [0.5, 0.6) is 0 Å². The summed E-state index contributed by atoms with van der Waals surface area (Å²) in [4.78, 5) is 11.9. The minimum atomic E-state index is -0.310. The Balaban J connectivity index is 2.11. The minimum Gasteiger partial charge on any atom is -0.395 e. The largest absolute Gasteiger partial charge is 0.395 e. The average molecular weight is 232 g/mol. The molecule has 1 amide bonds. The van der Waals surface area contributed by atoms with Gasteiger partial charge in [0.25, 0.3) is 5.91 Å². The van der Waals surface area contributed by atoms with Crippen LogP contribution in [0, 0.1) is 12.3 Å². The third-order valence-corrected chi connectivity index (χ3v) is 2.95. The topological polar surface area (TPSA) is 83.8 Å². The van der Waals surface area contributed by atoms with Crippen molar-refractivity contribution in [1.29, 1.82) is 0 Å². The second-order valence-electron chi connectivity index (χ2n) is 4.27. The summed E-state index contributed by atoms with van der Waals surface area (Å²) in [5.41, 5.74) is 7.48. The molecule has 90 valence electrons. The molecular formula is C12H16N4O. The van der Waals surface area contributed by atoms with Gasteiger partial charge in [-0.15, -0.1) is 6.42 Å². The van der Waals surface area contributed by atoms with E-state index in [1.807, 2.05) is 6.92 Å². The van der Waals surface area contributed by atoms with E-state index in [1.165, 1.54) is 0 Å². The number of aromatic amines is 1. The van der Waals surface area contributed by atoms with Crippen molar-refractivity contribution in [1.82, 2.24) is 15.5 Å². The van der Waals surface area contributed by atoms with Crippen LogP contribution in [0.25, 0.3) is 0 Å². The Morgan fingerprint density at radius 2 is 2.47 bits per heavy atom. The van der Waals surface area contributed by atoms with Crippen LogP contribution in [-0.2, 0) is 0 Å². The molecule has 1 fully saturated rings. The van der Waals surface area contributed by atoms with E-state index < -0.39 is 0 Å². The SMILES string of the molecule is C#CC(CC)NC(=O)c1n[nH]c(C2CC2)c1N. The molecule has 1 atom stereocenters. The number of anilines is 1. The van der Waals surface area contributed by atoms with Crippen molar-refractivity contribution in [2.75, 3.05) is 5.73 Å². The second-order valence-corrected chi connectivity index (χ2v) is 4.27. The van der Waals surface area contributed by atoms with Crippen LogP contribution >= 0.6 is 0 Å². The predicted molar refractivity (Wildman–Crippen MR) is 65.4 cm³/mol. The number of carbonyl (C=O) groups is 1. The third kappa shape index (κ3) is 2.26. The quantitative estimate of drug-likeness (QED) is 0.677. The van der Waals surface area contributed by atoms with E-state index >= 15 is 0 Å². The number of rotatable bonds is 4. The average Bonchev–Trinajstić information content (AvgIpc) is 3.09. The van der Waals surface area contributed by atoms with Gasteiger partial charge < -0.3 is 11.1 Å². The number of carbonyl (C=O) groups excluding carboxylic acids is 1. The number of hydrogen-bond acceptors (Lipinski definition) is 3. The van der Waals surface area contributed by atoms with Crippen molar-refractivity contribution < 1.29 is 4.79 Å². The van der Waals surface area contributed by atoms with Gasteiger partial charge in [-0.2, -0.15) is 5.10 Å². The molecular weight excluding hydrogens is 216 g/mol. The molecule has 1 aromatic rings. The Labute approximate surface area is 100 Å². The molecule has 4 N–H and O–H groups in total. The van der Waals surface area contributed by atoms with Crippen molar-refractivity contribution in [3.05, 3.63) is 11.4 Å². The number of amides is 1. The molecule has 0 aromatic carbocycles. The van der Waals surface area contributed by atoms with Gasteiger partial charge in [0.2, 0.25) is 0 Å². The maximum absolute atomic E-state index is 11.9. The number of aromatic nitrogens is 2. The lowest BCUT2D eigenvalue weighted by Crippen LogP contribution is -2.33. The smallest absolute Gasteiger partial charge is 0.274 e. The lowest BCUT2D eigenvalue weighted by Gasteiger charge is -2.09. The van der Waals surface area contributed by atoms with Crippen LogP contribution in [-0.4, -0.2) is 22.1 Å². The molecule has 0 spiro atoms. The summed E-state index contributed by atoms with van der Waals surface area (Å²) in [5, 5.41) is 9.52. The molecule has 0 bridgehead atoms. The van der Waals surface area contributed by atoms with Gasteiger partial charge in [-0.3, -0.25) is 9.89 Å². The van der Waals surface area contributed by atoms with Gasteiger partial charge in [-0.1, -0.05) is 12.8 Å². The Morgan fingerprint density at radius 3 is 3.00 bits per heavy atom. The molecule has 1 aliphatic carbocycles. The molecule has 0 aliphatic heterocycles. The minimum absolute atomic E-state index is 0.251. The molecule has 1 unspecified atom stereocenters. The lowest BCUT2D eigenvalue weighted by atomic mass is 10.2. The maximum Gasteiger partial charge on any atom is 0.274 e. The summed E-state index contributed by atoms with van der Waals surface area (Å²) in [7, 11) is 0. The first-order valence-electron chi connectivity index (χ1n) is 5.78. The fourth-order valence-corrected chi connectivity index (χ4v) is 1.71. The van der Waals surface area contributed by atoms with Gasteiger partial charge in [0.1, 0.15) is 0 Å². The van der Waals surface area contributed by atoms with Gasteiger partial charge in [-0.05, 0) is 19.3 Å². The number of H-pyrrole nitrogens is 1. The molecule has 1 aliphatic rings. The number of nitrogens with one attached hydrogen (secondary N) is 2. The Bertz CT molecular complexity index is 467. The number of hydrogen-bond donors (Lipinski definition) is 3. The highest BCUT2D eigenvalue weighted by atomic mass is 16.2. The summed E-state index contributed by atoms with van der Waals surface area (Å²) in [6.45, 7) is 1.91. The van der Waals surface area contributed by atoms with E-state index in [0.29, 0.717) is 18.0 Å². The highest BCUT2D eigenvalue weighted by Gasteiger charge is 2.30. The molecule has 1 aromatic heterocycles. The Morgan fingerprint density at radius 1 is 1.76 bits per heavy atom. The first kappa shape index (κ1) is 11.5. The summed E-state index contributed by atoms with van der Waals surface area (Å²) in [5.74, 6) is 2.64.